The molecule has 3 aromatic carbocycles. The van der Waals surface area contributed by atoms with Gasteiger partial charge in [0.25, 0.3) is 0 Å². The van der Waals surface area contributed by atoms with Gasteiger partial charge in [-0.25, -0.2) is 9.79 Å². The topological polar surface area (TPSA) is 57.1 Å². The fourth-order valence-corrected chi connectivity index (χ4v) is 3.42. The van der Waals surface area contributed by atoms with Crippen molar-refractivity contribution in [3.05, 3.63) is 100 Å². The van der Waals surface area contributed by atoms with Gasteiger partial charge in [0.2, 0.25) is 5.90 Å². The molecule has 0 fully saturated rings. The van der Waals surface area contributed by atoms with E-state index in [-0.39, 0.29) is 11.6 Å². The van der Waals surface area contributed by atoms with E-state index in [9.17, 15) is 4.79 Å². The highest BCUT2D eigenvalue weighted by atomic mass is 35.5. The first-order chi connectivity index (χ1) is 15.1. The first kappa shape index (κ1) is 20.7. The predicted octanol–water partition coefficient (Wildman–Crippen LogP) is 5.31. The number of halogens is 1. The summed E-state index contributed by atoms with van der Waals surface area (Å²) in [5, 5.41) is 0.387. The minimum atomic E-state index is -0.517. The van der Waals surface area contributed by atoms with E-state index in [1.54, 1.807) is 25.3 Å². The van der Waals surface area contributed by atoms with Crippen LogP contribution in [0.2, 0.25) is 5.02 Å². The number of ether oxygens (including phenoxy) is 3. The maximum atomic E-state index is 12.3. The van der Waals surface area contributed by atoms with E-state index in [1.165, 1.54) is 5.56 Å². The summed E-state index contributed by atoms with van der Waals surface area (Å²) in [6.07, 6.45) is 2.36. The molecule has 5 nitrogen and oxygen atoms in total. The molecule has 1 aliphatic heterocycles. The third-order valence-corrected chi connectivity index (χ3v) is 4.96. The zero-order valence-corrected chi connectivity index (χ0v) is 17.6. The van der Waals surface area contributed by atoms with Crippen molar-refractivity contribution in [3.63, 3.8) is 0 Å². The third kappa shape index (κ3) is 4.95. The van der Waals surface area contributed by atoms with Crippen LogP contribution in [0.1, 0.15) is 16.7 Å². The maximum Gasteiger partial charge on any atom is 0.363 e. The van der Waals surface area contributed by atoms with Gasteiger partial charge in [-0.15, -0.1) is 0 Å². The molecule has 6 heteroatoms. The van der Waals surface area contributed by atoms with Gasteiger partial charge in [-0.2, -0.15) is 0 Å². The summed E-state index contributed by atoms with van der Waals surface area (Å²) in [5.74, 6) is 0.698. The lowest BCUT2D eigenvalue weighted by Crippen LogP contribution is -2.05. The Morgan fingerprint density at radius 2 is 1.74 bits per heavy atom. The summed E-state index contributed by atoms with van der Waals surface area (Å²) in [5.41, 5.74) is 2.75. The molecule has 0 bridgehead atoms. The van der Waals surface area contributed by atoms with Crippen molar-refractivity contribution >= 4 is 29.5 Å². The molecule has 3 aromatic rings. The quantitative estimate of drug-likeness (QED) is 0.374. The zero-order chi connectivity index (χ0) is 21.6. The Kier molecular flexibility index (Phi) is 6.34. The monoisotopic (exact) mass is 433 g/mol. The molecule has 156 valence electrons. The van der Waals surface area contributed by atoms with Crippen molar-refractivity contribution in [3.8, 4) is 11.5 Å². The van der Waals surface area contributed by atoms with Crippen molar-refractivity contribution in [2.24, 2.45) is 4.99 Å². The molecule has 31 heavy (non-hydrogen) atoms. The van der Waals surface area contributed by atoms with Crippen molar-refractivity contribution in [1.82, 2.24) is 0 Å². The minimum Gasteiger partial charge on any atom is -0.493 e. The Labute approximate surface area is 185 Å². The second kappa shape index (κ2) is 9.49. The maximum absolute atomic E-state index is 12.3. The Hall–Kier alpha value is -3.57. The normalized spacial score (nSPS) is 14.3. The predicted molar refractivity (Wildman–Crippen MR) is 121 cm³/mol. The number of rotatable bonds is 7. The molecular weight excluding hydrogens is 414 g/mol. The van der Waals surface area contributed by atoms with Crippen molar-refractivity contribution in [1.29, 1.82) is 0 Å². The summed E-state index contributed by atoms with van der Waals surface area (Å²) in [4.78, 5) is 16.6. The first-order valence-corrected chi connectivity index (χ1v) is 10.1. The van der Waals surface area contributed by atoms with E-state index < -0.39 is 5.97 Å². The number of carbonyl (C=O) groups is 1. The van der Waals surface area contributed by atoms with Crippen molar-refractivity contribution in [2.75, 3.05) is 13.7 Å². The summed E-state index contributed by atoms with van der Waals surface area (Å²) in [6, 6.07) is 22.8. The highest BCUT2D eigenvalue weighted by Gasteiger charge is 2.24. The number of benzene rings is 3. The van der Waals surface area contributed by atoms with Crippen LogP contribution in [0.3, 0.4) is 0 Å². The Balaban J connectivity index is 1.53. The molecular formula is C25H20ClNO4. The number of hydrogen-bond donors (Lipinski definition) is 0. The van der Waals surface area contributed by atoms with Gasteiger partial charge in [-0.05, 0) is 41.5 Å². The van der Waals surface area contributed by atoms with Crippen LogP contribution < -0.4 is 9.47 Å². The summed E-state index contributed by atoms with van der Waals surface area (Å²) < 4.78 is 16.6. The number of hydrogen-bond acceptors (Lipinski definition) is 5. The fraction of sp³-hybridized carbons (Fsp3) is 0.120. The second-order valence-corrected chi connectivity index (χ2v) is 7.23. The van der Waals surface area contributed by atoms with Gasteiger partial charge in [0, 0.05) is 12.0 Å². The van der Waals surface area contributed by atoms with Gasteiger partial charge >= 0.3 is 5.97 Å². The Morgan fingerprint density at radius 3 is 2.45 bits per heavy atom. The minimum absolute atomic E-state index is 0.190. The van der Waals surface area contributed by atoms with Crippen LogP contribution in [0, 0.1) is 0 Å². The zero-order valence-electron chi connectivity index (χ0n) is 16.9. The molecule has 1 heterocycles. The van der Waals surface area contributed by atoms with Crippen LogP contribution in [0.25, 0.3) is 6.08 Å². The van der Waals surface area contributed by atoms with Crippen LogP contribution in [0.5, 0.6) is 11.5 Å². The SMILES string of the molecule is COc1cc(/C=C2\N=C(c3ccccc3)OC2=O)cc(Cl)c1OCCc1ccccc1. The van der Waals surface area contributed by atoms with Crippen LogP contribution >= 0.6 is 11.6 Å². The van der Waals surface area contributed by atoms with Crippen molar-refractivity contribution < 1.29 is 19.0 Å². The summed E-state index contributed by atoms with van der Waals surface area (Å²) in [6.45, 7) is 0.456. The number of nitrogens with zero attached hydrogens (tertiary/aromatic N) is 1. The lowest BCUT2D eigenvalue weighted by atomic mass is 10.1. The smallest absolute Gasteiger partial charge is 0.363 e. The number of cyclic esters (lactones) is 1. The Bertz CT molecular complexity index is 1140. The molecule has 0 aromatic heterocycles. The average Bonchev–Trinajstić information content (AvgIpc) is 3.16. The van der Waals surface area contributed by atoms with Gasteiger partial charge in [0.05, 0.1) is 18.7 Å². The van der Waals surface area contributed by atoms with E-state index in [2.05, 4.69) is 4.99 Å². The largest absolute Gasteiger partial charge is 0.493 e. The molecule has 0 amide bonds. The van der Waals surface area contributed by atoms with Crippen molar-refractivity contribution in [2.45, 2.75) is 6.42 Å². The molecule has 0 atom stereocenters. The van der Waals surface area contributed by atoms with Gasteiger partial charge in [-0.1, -0.05) is 60.1 Å². The summed E-state index contributed by atoms with van der Waals surface area (Å²) in [7, 11) is 1.54. The molecule has 0 saturated heterocycles. The molecule has 4 rings (SSSR count). The van der Waals surface area contributed by atoms with Crippen LogP contribution in [-0.4, -0.2) is 25.6 Å². The van der Waals surface area contributed by atoms with Gasteiger partial charge < -0.3 is 14.2 Å². The lowest BCUT2D eigenvalue weighted by Gasteiger charge is -2.13. The van der Waals surface area contributed by atoms with E-state index in [4.69, 9.17) is 25.8 Å². The number of esters is 1. The standard InChI is InChI=1S/C25H20ClNO4/c1-29-22-16-18(14-20(26)23(22)30-13-12-17-8-4-2-5-9-17)15-21-25(28)31-24(27-21)19-10-6-3-7-11-19/h2-11,14-16H,12-13H2,1H3/b21-15-. The molecule has 0 unspecified atom stereocenters. The molecule has 0 spiro atoms. The van der Waals surface area contributed by atoms with E-state index in [0.717, 1.165) is 12.0 Å². The first-order valence-electron chi connectivity index (χ1n) is 9.76. The average molecular weight is 434 g/mol. The number of carbonyl (C=O) groups excluding carboxylic acids is 1. The van der Waals surface area contributed by atoms with E-state index in [0.29, 0.717) is 28.7 Å². The van der Waals surface area contributed by atoms with E-state index >= 15 is 0 Å². The van der Waals surface area contributed by atoms with Gasteiger partial charge in [-0.3, -0.25) is 0 Å². The van der Waals surface area contributed by atoms with Gasteiger partial charge in [0.15, 0.2) is 17.2 Å². The Morgan fingerprint density at radius 1 is 1.03 bits per heavy atom. The molecule has 0 radical (unpaired) electrons. The molecule has 1 aliphatic rings. The molecule has 0 aliphatic carbocycles. The van der Waals surface area contributed by atoms with Crippen LogP contribution in [0.4, 0.5) is 0 Å². The second-order valence-electron chi connectivity index (χ2n) is 6.82. The highest BCUT2D eigenvalue weighted by molar-refractivity contribution is 6.32. The molecule has 0 N–H and O–H groups in total. The van der Waals surface area contributed by atoms with Crippen LogP contribution in [-0.2, 0) is 16.0 Å². The fourth-order valence-electron chi connectivity index (χ4n) is 3.15. The third-order valence-electron chi connectivity index (χ3n) is 4.68. The van der Waals surface area contributed by atoms with Crippen LogP contribution in [0.15, 0.2) is 83.5 Å². The summed E-state index contributed by atoms with van der Waals surface area (Å²) >= 11 is 6.46. The lowest BCUT2D eigenvalue weighted by molar-refractivity contribution is -0.129. The van der Waals surface area contributed by atoms with Gasteiger partial charge in [0.1, 0.15) is 0 Å². The number of methoxy groups -OCH3 is 1. The number of aliphatic imine (C=N–C) groups is 1. The molecule has 0 saturated carbocycles. The highest BCUT2D eigenvalue weighted by Crippen LogP contribution is 2.37. The van der Waals surface area contributed by atoms with E-state index in [1.807, 2.05) is 60.7 Å².